The molecule has 0 radical (unpaired) electrons. The number of anilines is 1. The molecule has 1 spiro atoms. The van der Waals surface area contributed by atoms with Gasteiger partial charge in [-0.15, -0.1) is 0 Å². The number of nitrogens with zero attached hydrogens (tertiary/aromatic N) is 1. The van der Waals surface area contributed by atoms with Crippen molar-refractivity contribution in [1.82, 2.24) is 0 Å². The molecule has 0 saturated heterocycles. The number of carbonyl (C=O) groups is 2. The number of allylic oxidation sites excluding steroid dienone is 2. The first-order valence-corrected chi connectivity index (χ1v) is 6.68. The van der Waals surface area contributed by atoms with E-state index in [2.05, 4.69) is 0 Å². The largest absolute Gasteiger partial charge is 0.496 e. The molecule has 1 aromatic rings. The van der Waals surface area contributed by atoms with Crippen LogP contribution in [0.5, 0.6) is 0 Å². The van der Waals surface area contributed by atoms with Gasteiger partial charge in [-0.25, -0.2) is 0 Å². The van der Waals surface area contributed by atoms with Crippen LogP contribution in [0.25, 0.3) is 0 Å². The van der Waals surface area contributed by atoms with Crippen LogP contribution in [-0.2, 0) is 19.7 Å². The normalized spacial score (nSPS) is 24.9. The number of Topliss-reactive ketones (excluding diaryl/α,β-unsaturated/α-hetero) is 1. The molecule has 104 valence electrons. The van der Waals surface area contributed by atoms with Gasteiger partial charge in [0.25, 0.3) is 0 Å². The van der Waals surface area contributed by atoms with Crippen LogP contribution in [0.4, 0.5) is 5.69 Å². The van der Waals surface area contributed by atoms with Gasteiger partial charge in [0.2, 0.25) is 5.91 Å². The van der Waals surface area contributed by atoms with E-state index in [0.29, 0.717) is 24.4 Å². The summed E-state index contributed by atoms with van der Waals surface area (Å²) in [5.41, 5.74) is 1.74. The third-order valence-electron chi connectivity index (χ3n) is 4.36. The molecule has 4 heteroatoms. The predicted octanol–water partition coefficient (Wildman–Crippen LogP) is 2.18. The summed E-state index contributed by atoms with van der Waals surface area (Å²) in [6.07, 6.45) is 0.425. The molecule has 0 fully saturated rings. The van der Waals surface area contributed by atoms with Crippen molar-refractivity contribution in [3.8, 4) is 0 Å². The van der Waals surface area contributed by atoms with Gasteiger partial charge in [0.05, 0.1) is 5.76 Å². The number of amides is 1. The van der Waals surface area contributed by atoms with Crippen LogP contribution in [0.2, 0.25) is 0 Å². The van der Waals surface area contributed by atoms with E-state index in [1.54, 1.807) is 18.9 Å². The van der Waals surface area contributed by atoms with E-state index in [1.165, 1.54) is 6.92 Å². The maximum atomic E-state index is 12.7. The zero-order valence-electron chi connectivity index (χ0n) is 11.9. The summed E-state index contributed by atoms with van der Waals surface area (Å²) in [7, 11) is 1.77. The average Bonchev–Trinajstić information content (AvgIpc) is 2.65. The van der Waals surface area contributed by atoms with Crippen molar-refractivity contribution in [2.75, 3.05) is 18.6 Å². The molecule has 0 N–H and O–H groups in total. The highest BCUT2D eigenvalue weighted by molar-refractivity contribution is 6.09. The molecule has 2 heterocycles. The summed E-state index contributed by atoms with van der Waals surface area (Å²) in [6, 6.07) is 7.73. The summed E-state index contributed by atoms with van der Waals surface area (Å²) in [6.45, 7) is 3.62. The lowest BCUT2D eigenvalue weighted by atomic mass is 9.75. The standard InChI is InChI=1S/C16H17NO3/c1-10(18)12-8-16(9-20-11(12)2)13-6-4-5-7-14(13)17(3)15(16)19/h4-7H,8-9H2,1-3H3/t16-/m1/s1. The third-order valence-corrected chi connectivity index (χ3v) is 4.36. The fourth-order valence-corrected chi connectivity index (χ4v) is 3.19. The molecular formula is C16H17NO3. The van der Waals surface area contributed by atoms with Gasteiger partial charge < -0.3 is 9.64 Å². The van der Waals surface area contributed by atoms with Crippen LogP contribution in [-0.4, -0.2) is 25.3 Å². The second kappa shape index (κ2) is 4.20. The second-order valence-corrected chi connectivity index (χ2v) is 5.52. The minimum Gasteiger partial charge on any atom is -0.496 e. The molecular weight excluding hydrogens is 254 g/mol. The summed E-state index contributed by atoms with van der Waals surface area (Å²) < 4.78 is 5.68. The monoisotopic (exact) mass is 271 g/mol. The van der Waals surface area contributed by atoms with Crippen molar-refractivity contribution in [3.63, 3.8) is 0 Å². The first-order valence-electron chi connectivity index (χ1n) is 6.68. The van der Waals surface area contributed by atoms with E-state index in [-0.39, 0.29) is 11.7 Å². The number of ether oxygens (including phenoxy) is 1. The van der Waals surface area contributed by atoms with Gasteiger partial charge in [0.15, 0.2) is 5.78 Å². The highest BCUT2D eigenvalue weighted by Gasteiger charge is 2.52. The van der Waals surface area contributed by atoms with Crippen molar-refractivity contribution >= 4 is 17.4 Å². The van der Waals surface area contributed by atoms with Crippen LogP contribution in [0, 0.1) is 0 Å². The van der Waals surface area contributed by atoms with Gasteiger partial charge in [-0.05, 0) is 25.5 Å². The lowest BCUT2D eigenvalue weighted by molar-refractivity contribution is -0.125. The Morgan fingerprint density at radius 2 is 2.05 bits per heavy atom. The Labute approximate surface area is 118 Å². The second-order valence-electron chi connectivity index (χ2n) is 5.52. The number of likely N-dealkylation sites (N-methyl/N-ethyl adjacent to an activating group) is 1. The number of ketones is 1. The maximum Gasteiger partial charge on any atom is 0.241 e. The Kier molecular flexibility index (Phi) is 2.71. The fourth-order valence-electron chi connectivity index (χ4n) is 3.19. The minimum atomic E-state index is -0.744. The maximum absolute atomic E-state index is 12.7. The zero-order valence-corrected chi connectivity index (χ0v) is 11.9. The van der Waals surface area contributed by atoms with E-state index >= 15 is 0 Å². The summed E-state index contributed by atoms with van der Waals surface area (Å²) in [5.74, 6) is 0.620. The van der Waals surface area contributed by atoms with Crippen LogP contribution < -0.4 is 4.90 Å². The molecule has 0 bridgehead atoms. The van der Waals surface area contributed by atoms with Crippen molar-refractivity contribution in [3.05, 3.63) is 41.2 Å². The molecule has 2 aliphatic rings. The van der Waals surface area contributed by atoms with Crippen LogP contribution >= 0.6 is 0 Å². The first kappa shape index (κ1) is 12.9. The van der Waals surface area contributed by atoms with Crippen molar-refractivity contribution in [2.24, 2.45) is 0 Å². The number of benzene rings is 1. The molecule has 0 unspecified atom stereocenters. The number of para-hydroxylation sites is 1. The number of rotatable bonds is 1. The van der Waals surface area contributed by atoms with E-state index in [4.69, 9.17) is 4.74 Å². The fraction of sp³-hybridized carbons (Fsp3) is 0.375. The highest BCUT2D eigenvalue weighted by Crippen LogP contribution is 2.47. The Bertz CT molecular complexity index is 647. The van der Waals surface area contributed by atoms with Gasteiger partial charge in [0, 0.05) is 24.7 Å². The highest BCUT2D eigenvalue weighted by atomic mass is 16.5. The van der Waals surface area contributed by atoms with Crippen LogP contribution in [0.1, 0.15) is 25.8 Å². The Morgan fingerprint density at radius 1 is 1.35 bits per heavy atom. The van der Waals surface area contributed by atoms with Crippen LogP contribution in [0.15, 0.2) is 35.6 Å². The molecule has 0 saturated carbocycles. The number of carbonyl (C=O) groups excluding carboxylic acids is 2. The van der Waals surface area contributed by atoms with Crippen LogP contribution in [0.3, 0.4) is 0 Å². The topological polar surface area (TPSA) is 46.6 Å². The molecule has 1 aromatic carbocycles. The molecule has 20 heavy (non-hydrogen) atoms. The number of fused-ring (bicyclic) bond motifs is 2. The van der Waals surface area contributed by atoms with E-state index in [0.717, 1.165) is 11.3 Å². The van der Waals surface area contributed by atoms with E-state index in [1.807, 2.05) is 24.3 Å². The third kappa shape index (κ3) is 1.54. The van der Waals surface area contributed by atoms with Gasteiger partial charge in [-0.3, -0.25) is 9.59 Å². The first-order chi connectivity index (χ1) is 9.47. The van der Waals surface area contributed by atoms with Crippen molar-refractivity contribution in [1.29, 1.82) is 0 Å². The van der Waals surface area contributed by atoms with E-state index < -0.39 is 5.41 Å². The Morgan fingerprint density at radius 3 is 2.75 bits per heavy atom. The number of hydrogen-bond donors (Lipinski definition) is 0. The molecule has 4 nitrogen and oxygen atoms in total. The Hall–Kier alpha value is -2.10. The predicted molar refractivity (Wildman–Crippen MR) is 75.5 cm³/mol. The van der Waals surface area contributed by atoms with Crippen molar-refractivity contribution in [2.45, 2.75) is 25.7 Å². The van der Waals surface area contributed by atoms with Crippen molar-refractivity contribution < 1.29 is 14.3 Å². The van der Waals surface area contributed by atoms with Gasteiger partial charge in [-0.1, -0.05) is 18.2 Å². The average molecular weight is 271 g/mol. The van der Waals surface area contributed by atoms with Gasteiger partial charge >= 0.3 is 0 Å². The lowest BCUT2D eigenvalue weighted by Gasteiger charge is -2.33. The summed E-state index contributed by atoms with van der Waals surface area (Å²) in [4.78, 5) is 26.2. The lowest BCUT2D eigenvalue weighted by Crippen LogP contribution is -2.45. The molecule has 3 rings (SSSR count). The molecule has 1 amide bonds. The molecule has 0 aliphatic carbocycles. The summed E-state index contributed by atoms with van der Waals surface area (Å²) in [5, 5.41) is 0. The zero-order chi connectivity index (χ0) is 14.5. The number of hydrogen-bond acceptors (Lipinski definition) is 3. The SMILES string of the molecule is CC(=O)C1=C(C)OC[C@@]2(C1)C(=O)N(C)c1ccccc12. The van der Waals surface area contributed by atoms with E-state index in [9.17, 15) is 9.59 Å². The van der Waals surface area contributed by atoms with Gasteiger partial charge in [0.1, 0.15) is 12.0 Å². The Balaban J connectivity index is 2.15. The smallest absolute Gasteiger partial charge is 0.241 e. The van der Waals surface area contributed by atoms with Gasteiger partial charge in [-0.2, -0.15) is 0 Å². The quantitative estimate of drug-likeness (QED) is 0.786. The molecule has 2 aliphatic heterocycles. The summed E-state index contributed by atoms with van der Waals surface area (Å²) >= 11 is 0. The molecule has 0 aromatic heterocycles. The molecule has 1 atom stereocenters. The minimum absolute atomic E-state index is 0.00458.